The Hall–Kier alpha value is -3.18. The zero-order valence-corrected chi connectivity index (χ0v) is 13.5. The quantitative estimate of drug-likeness (QED) is 0.683. The van der Waals surface area contributed by atoms with Gasteiger partial charge in [0.15, 0.2) is 0 Å². The standard InChI is InChI=1S/C20H18N2O3/c21-18(11-13-5-9-17(23)10-6-13)20(25)22-19(24)16-8-7-14-3-1-2-4-15(14)12-16/h1-10,12,18,23H,11,21H2,(H,22,24,25)/t18-/m0/s1. The molecule has 0 aliphatic rings. The number of rotatable bonds is 4. The number of nitrogens with two attached hydrogens (primary N) is 1. The van der Waals surface area contributed by atoms with Gasteiger partial charge in [0.2, 0.25) is 5.91 Å². The number of benzene rings is 3. The smallest absolute Gasteiger partial charge is 0.257 e. The van der Waals surface area contributed by atoms with Crippen molar-refractivity contribution in [2.24, 2.45) is 5.73 Å². The lowest BCUT2D eigenvalue weighted by molar-refractivity contribution is -0.121. The first-order chi connectivity index (χ1) is 12.0. The van der Waals surface area contributed by atoms with Crippen LogP contribution in [0, 0.1) is 0 Å². The number of fused-ring (bicyclic) bond motifs is 1. The molecule has 126 valence electrons. The van der Waals surface area contributed by atoms with E-state index in [1.165, 1.54) is 12.1 Å². The van der Waals surface area contributed by atoms with E-state index in [0.29, 0.717) is 5.56 Å². The van der Waals surface area contributed by atoms with Gasteiger partial charge in [-0.3, -0.25) is 14.9 Å². The predicted molar refractivity (Wildman–Crippen MR) is 96.2 cm³/mol. The zero-order valence-electron chi connectivity index (χ0n) is 13.5. The molecule has 0 saturated carbocycles. The van der Waals surface area contributed by atoms with Crippen molar-refractivity contribution in [1.29, 1.82) is 0 Å². The van der Waals surface area contributed by atoms with Crippen LogP contribution in [0.3, 0.4) is 0 Å². The second-order valence-electron chi connectivity index (χ2n) is 5.86. The van der Waals surface area contributed by atoms with E-state index in [1.54, 1.807) is 24.3 Å². The number of phenolic OH excluding ortho intramolecular Hbond substituents is 1. The molecule has 0 fully saturated rings. The summed E-state index contributed by atoms with van der Waals surface area (Å²) in [5, 5.41) is 13.6. The third-order valence-corrected chi connectivity index (χ3v) is 3.98. The monoisotopic (exact) mass is 334 g/mol. The molecule has 4 N–H and O–H groups in total. The summed E-state index contributed by atoms with van der Waals surface area (Å²) in [5.74, 6) is -0.864. The zero-order chi connectivity index (χ0) is 17.8. The van der Waals surface area contributed by atoms with Gasteiger partial charge in [-0.25, -0.2) is 0 Å². The van der Waals surface area contributed by atoms with Crippen LogP contribution in [0.2, 0.25) is 0 Å². The van der Waals surface area contributed by atoms with E-state index in [4.69, 9.17) is 5.73 Å². The Morgan fingerprint density at radius 2 is 1.64 bits per heavy atom. The normalized spacial score (nSPS) is 11.9. The molecule has 0 spiro atoms. The lowest BCUT2D eigenvalue weighted by atomic mass is 10.0. The highest BCUT2D eigenvalue weighted by Gasteiger charge is 2.18. The molecule has 25 heavy (non-hydrogen) atoms. The fourth-order valence-corrected chi connectivity index (χ4v) is 2.59. The maximum Gasteiger partial charge on any atom is 0.257 e. The van der Waals surface area contributed by atoms with Crippen molar-refractivity contribution in [2.45, 2.75) is 12.5 Å². The minimum Gasteiger partial charge on any atom is -0.508 e. The summed E-state index contributed by atoms with van der Waals surface area (Å²) in [5.41, 5.74) is 7.09. The van der Waals surface area contributed by atoms with Crippen molar-refractivity contribution in [3.8, 4) is 5.75 Å². The molecule has 5 nitrogen and oxygen atoms in total. The number of nitrogens with one attached hydrogen (secondary N) is 1. The van der Waals surface area contributed by atoms with Crippen LogP contribution >= 0.6 is 0 Å². The molecular formula is C20H18N2O3. The first kappa shape index (κ1) is 16.7. The number of phenols is 1. The number of aromatic hydroxyl groups is 1. The molecule has 2 amide bonds. The van der Waals surface area contributed by atoms with Crippen LogP contribution in [0.5, 0.6) is 5.75 Å². The van der Waals surface area contributed by atoms with Gasteiger partial charge >= 0.3 is 0 Å². The van der Waals surface area contributed by atoms with Crippen LogP contribution in [0.1, 0.15) is 15.9 Å². The summed E-state index contributed by atoms with van der Waals surface area (Å²) in [6, 6.07) is 18.5. The third-order valence-electron chi connectivity index (χ3n) is 3.98. The number of imide groups is 1. The number of hydrogen-bond acceptors (Lipinski definition) is 4. The lowest BCUT2D eigenvalue weighted by Crippen LogP contribution is -2.44. The van der Waals surface area contributed by atoms with Crippen LogP contribution in [-0.4, -0.2) is 23.0 Å². The van der Waals surface area contributed by atoms with E-state index < -0.39 is 17.9 Å². The van der Waals surface area contributed by atoms with E-state index in [9.17, 15) is 14.7 Å². The van der Waals surface area contributed by atoms with Gasteiger partial charge < -0.3 is 10.8 Å². The van der Waals surface area contributed by atoms with Crippen molar-refractivity contribution in [3.63, 3.8) is 0 Å². The Balaban J connectivity index is 1.66. The highest BCUT2D eigenvalue weighted by Crippen LogP contribution is 2.15. The Kier molecular flexibility index (Phi) is 4.77. The van der Waals surface area contributed by atoms with Crippen molar-refractivity contribution in [1.82, 2.24) is 5.32 Å². The molecule has 0 radical (unpaired) electrons. The van der Waals surface area contributed by atoms with Crippen molar-refractivity contribution in [2.75, 3.05) is 0 Å². The van der Waals surface area contributed by atoms with Crippen LogP contribution in [0.25, 0.3) is 10.8 Å². The minimum atomic E-state index is -0.853. The fraction of sp³-hybridized carbons (Fsp3) is 0.100. The van der Waals surface area contributed by atoms with Gasteiger partial charge in [0.1, 0.15) is 5.75 Å². The minimum absolute atomic E-state index is 0.147. The van der Waals surface area contributed by atoms with Crippen molar-refractivity contribution < 1.29 is 14.7 Å². The van der Waals surface area contributed by atoms with E-state index in [-0.39, 0.29) is 12.2 Å². The molecule has 1 atom stereocenters. The van der Waals surface area contributed by atoms with E-state index in [0.717, 1.165) is 16.3 Å². The second kappa shape index (κ2) is 7.15. The average molecular weight is 334 g/mol. The number of amides is 2. The molecule has 0 saturated heterocycles. The number of carbonyl (C=O) groups is 2. The Morgan fingerprint density at radius 1 is 0.960 bits per heavy atom. The van der Waals surface area contributed by atoms with Crippen LogP contribution in [0.4, 0.5) is 0 Å². The second-order valence-corrected chi connectivity index (χ2v) is 5.86. The van der Waals surface area contributed by atoms with E-state index >= 15 is 0 Å². The lowest BCUT2D eigenvalue weighted by Gasteiger charge is -2.12. The third kappa shape index (κ3) is 4.02. The molecule has 0 heterocycles. The Morgan fingerprint density at radius 3 is 2.36 bits per heavy atom. The first-order valence-corrected chi connectivity index (χ1v) is 7.90. The summed E-state index contributed by atoms with van der Waals surface area (Å²) in [7, 11) is 0. The van der Waals surface area contributed by atoms with Gasteiger partial charge in [0.05, 0.1) is 6.04 Å². The maximum absolute atomic E-state index is 12.3. The van der Waals surface area contributed by atoms with E-state index in [1.807, 2.05) is 30.3 Å². The summed E-state index contributed by atoms with van der Waals surface area (Å²) in [6.07, 6.45) is 0.275. The summed E-state index contributed by atoms with van der Waals surface area (Å²) in [4.78, 5) is 24.4. The average Bonchev–Trinajstić information content (AvgIpc) is 2.63. The Bertz CT molecular complexity index is 920. The molecule has 5 heteroatoms. The molecular weight excluding hydrogens is 316 g/mol. The maximum atomic E-state index is 12.3. The molecule has 3 rings (SSSR count). The number of carbonyl (C=O) groups excluding carboxylic acids is 2. The van der Waals surface area contributed by atoms with Gasteiger partial charge in [-0.15, -0.1) is 0 Å². The van der Waals surface area contributed by atoms with Gasteiger partial charge in [-0.1, -0.05) is 42.5 Å². The molecule has 0 aliphatic carbocycles. The predicted octanol–water partition coefficient (Wildman–Crippen LogP) is 2.37. The summed E-state index contributed by atoms with van der Waals surface area (Å²) >= 11 is 0. The Labute approximate surface area is 145 Å². The van der Waals surface area contributed by atoms with Gasteiger partial charge in [-0.05, 0) is 47.0 Å². The summed E-state index contributed by atoms with van der Waals surface area (Å²) < 4.78 is 0. The number of hydrogen-bond donors (Lipinski definition) is 3. The molecule has 0 unspecified atom stereocenters. The topological polar surface area (TPSA) is 92.4 Å². The highest BCUT2D eigenvalue weighted by atomic mass is 16.3. The van der Waals surface area contributed by atoms with Crippen LogP contribution < -0.4 is 11.1 Å². The highest BCUT2D eigenvalue weighted by molar-refractivity contribution is 6.07. The molecule has 3 aromatic carbocycles. The molecule has 0 aliphatic heterocycles. The molecule has 0 bridgehead atoms. The van der Waals surface area contributed by atoms with Gasteiger partial charge in [-0.2, -0.15) is 0 Å². The SMILES string of the molecule is N[C@@H](Cc1ccc(O)cc1)C(=O)NC(=O)c1ccc2ccccc2c1. The van der Waals surface area contributed by atoms with Crippen LogP contribution in [0.15, 0.2) is 66.7 Å². The van der Waals surface area contributed by atoms with Gasteiger partial charge in [0, 0.05) is 5.56 Å². The molecule has 0 aromatic heterocycles. The van der Waals surface area contributed by atoms with E-state index in [2.05, 4.69) is 5.32 Å². The first-order valence-electron chi connectivity index (χ1n) is 7.90. The van der Waals surface area contributed by atoms with Crippen molar-refractivity contribution >= 4 is 22.6 Å². The van der Waals surface area contributed by atoms with Crippen LogP contribution in [-0.2, 0) is 11.2 Å². The fourth-order valence-electron chi connectivity index (χ4n) is 2.59. The largest absolute Gasteiger partial charge is 0.508 e. The van der Waals surface area contributed by atoms with Crippen molar-refractivity contribution in [3.05, 3.63) is 77.9 Å². The molecule has 3 aromatic rings. The summed E-state index contributed by atoms with van der Waals surface area (Å²) in [6.45, 7) is 0. The van der Waals surface area contributed by atoms with Gasteiger partial charge in [0.25, 0.3) is 5.91 Å².